The van der Waals surface area contributed by atoms with Crippen LogP contribution in [0.3, 0.4) is 0 Å². The van der Waals surface area contributed by atoms with E-state index in [2.05, 4.69) is 39.8 Å². The Morgan fingerprint density at radius 3 is 2.17 bits per heavy atom. The van der Waals surface area contributed by atoms with Crippen LogP contribution in [0.25, 0.3) is 0 Å². The molecule has 0 heterocycles. The molecule has 0 fully saturated rings. The van der Waals surface area contributed by atoms with Crippen molar-refractivity contribution < 1.29 is 4.84 Å². The third-order valence-corrected chi connectivity index (χ3v) is 1.67. The summed E-state index contributed by atoms with van der Waals surface area (Å²) in [7, 11) is 0. The maximum atomic E-state index is 5.15. The first-order valence-electron chi connectivity index (χ1n) is 4.71. The van der Waals surface area contributed by atoms with Crippen LogP contribution >= 0.6 is 0 Å². The Kier molecular flexibility index (Phi) is 4.95. The Morgan fingerprint density at radius 2 is 1.83 bits per heavy atom. The number of nitrogens with zero attached hydrogens (tertiary/aromatic N) is 1. The van der Waals surface area contributed by atoms with Crippen molar-refractivity contribution in [1.29, 1.82) is 0 Å². The molecular formula is C10H21NO. The minimum Gasteiger partial charge on any atom is -0.396 e. The lowest BCUT2D eigenvalue weighted by atomic mass is 9.89. The van der Waals surface area contributed by atoms with E-state index in [1.807, 2.05) is 0 Å². The summed E-state index contributed by atoms with van der Waals surface area (Å²) >= 11 is 0. The van der Waals surface area contributed by atoms with Crippen LogP contribution in [-0.2, 0) is 4.84 Å². The van der Waals surface area contributed by atoms with Crippen molar-refractivity contribution in [1.82, 2.24) is 0 Å². The van der Waals surface area contributed by atoms with Crippen molar-refractivity contribution in [3.05, 3.63) is 0 Å². The molecular weight excluding hydrogens is 150 g/mol. The zero-order valence-electron chi connectivity index (χ0n) is 8.98. The Labute approximate surface area is 76.0 Å². The SMILES string of the molecule is CCCO/N=C(\CC)C(C)(C)C. The molecule has 0 aliphatic rings. The van der Waals surface area contributed by atoms with E-state index in [9.17, 15) is 0 Å². The molecule has 2 nitrogen and oxygen atoms in total. The van der Waals surface area contributed by atoms with E-state index in [1.54, 1.807) is 0 Å². The van der Waals surface area contributed by atoms with Gasteiger partial charge >= 0.3 is 0 Å². The molecule has 0 aromatic carbocycles. The summed E-state index contributed by atoms with van der Waals surface area (Å²) in [5.41, 5.74) is 1.28. The van der Waals surface area contributed by atoms with Gasteiger partial charge in [-0.3, -0.25) is 0 Å². The number of hydrogen-bond donors (Lipinski definition) is 0. The fourth-order valence-electron chi connectivity index (χ4n) is 0.947. The molecule has 0 aliphatic carbocycles. The van der Waals surface area contributed by atoms with Crippen LogP contribution in [0.2, 0.25) is 0 Å². The molecule has 0 N–H and O–H groups in total. The zero-order chi connectivity index (χ0) is 9.61. The van der Waals surface area contributed by atoms with E-state index in [1.165, 1.54) is 0 Å². The van der Waals surface area contributed by atoms with Crippen molar-refractivity contribution in [2.45, 2.75) is 47.5 Å². The molecule has 2 heteroatoms. The van der Waals surface area contributed by atoms with Crippen LogP contribution in [0.1, 0.15) is 47.5 Å². The van der Waals surface area contributed by atoms with Crippen LogP contribution in [-0.4, -0.2) is 12.3 Å². The first kappa shape index (κ1) is 11.5. The minimum atomic E-state index is 0.141. The van der Waals surface area contributed by atoms with Crippen LogP contribution in [0.15, 0.2) is 5.16 Å². The average Bonchev–Trinajstić information content (AvgIpc) is 1.95. The third-order valence-electron chi connectivity index (χ3n) is 1.67. The highest BCUT2D eigenvalue weighted by molar-refractivity contribution is 5.88. The van der Waals surface area contributed by atoms with Gasteiger partial charge in [-0.05, 0) is 12.8 Å². The van der Waals surface area contributed by atoms with E-state index in [0.29, 0.717) is 0 Å². The Balaban J connectivity index is 4.05. The summed E-state index contributed by atoms with van der Waals surface area (Å²) in [6.45, 7) is 11.4. The molecule has 0 rings (SSSR count). The van der Waals surface area contributed by atoms with Crippen molar-refractivity contribution >= 4 is 5.71 Å². The number of rotatable bonds is 4. The summed E-state index contributed by atoms with van der Waals surface area (Å²) in [6, 6.07) is 0. The fourth-order valence-corrected chi connectivity index (χ4v) is 0.947. The second-order valence-electron chi connectivity index (χ2n) is 3.97. The molecule has 0 bridgehead atoms. The van der Waals surface area contributed by atoms with Gasteiger partial charge in [0.1, 0.15) is 6.61 Å². The lowest BCUT2D eigenvalue weighted by Gasteiger charge is -2.19. The lowest BCUT2D eigenvalue weighted by Crippen LogP contribution is -2.19. The highest BCUT2D eigenvalue weighted by Gasteiger charge is 2.17. The van der Waals surface area contributed by atoms with Gasteiger partial charge in [0, 0.05) is 5.41 Å². The summed E-state index contributed by atoms with van der Waals surface area (Å²) in [5.74, 6) is 0. The van der Waals surface area contributed by atoms with Gasteiger partial charge in [-0.15, -0.1) is 0 Å². The topological polar surface area (TPSA) is 21.6 Å². The molecule has 0 saturated carbocycles. The molecule has 12 heavy (non-hydrogen) atoms. The van der Waals surface area contributed by atoms with Gasteiger partial charge in [0.2, 0.25) is 0 Å². The van der Waals surface area contributed by atoms with E-state index in [0.717, 1.165) is 25.2 Å². The van der Waals surface area contributed by atoms with Crippen LogP contribution in [0.4, 0.5) is 0 Å². The van der Waals surface area contributed by atoms with Gasteiger partial charge in [-0.25, -0.2) is 0 Å². The third kappa shape index (κ3) is 4.37. The largest absolute Gasteiger partial charge is 0.396 e. The zero-order valence-corrected chi connectivity index (χ0v) is 8.98. The van der Waals surface area contributed by atoms with Gasteiger partial charge < -0.3 is 4.84 Å². The van der Waals surface area contributed by atoms with Crippen molar-refractivity contribution in [2.75, 3.05) is 6.61 Å². The predicted octanol–water partition coefficient (Wildman–Crippen LogP) is 3.23. The normalized spacial score (nSPS) is 13.2. The monoisotopic (exact) mass is 171 g/mol. The van der Waals surface area contributed by atoms with Crippen molar-refractivity contribution in [3.8, 4) is 0 Å². The lowest BCUT2D eigenvalue weighted by molar-refractivity contribution is 0.141. The predicted molar refractivity (Wildman–Crippen MR) is 53.4 cm³/mol. The van der Waals surface area contributed by atoms with E-state index < -0.39 is 0 Å². The summed E-state index contributed by atoms with van der Waals surface area (Å²) in [4.78, 5) is 5.15. The molecule has 0 amide bonds. The molecule has 0 saturated heterocycles. The van der Waals surface area contributed by atoms with Gasteiger partial charge in [0.15, 0.2) is 0 Å². The molecule has 0 radical (unpaired) electrons. The molecule has 0 unspecified atom stereocenters. The van der Waals surface area contributed by atoms with Gasteiger partial charge in [0.25, 0.3) is 0 Å². The Morgan fingerprint density at radius 1 is 1.25 bits per heavy atom. The van der Waals surface area contributed by atoms with Gasteiger partial charge in [-0.2, -0.15) is 0 Å². The average molecular weight is 171 g/mol. The van der Waals surface area contributed by atoms with Gasteiger partial charge in [-0.1, -0.05) is 39.8 Å². The minimum absolute atomic E-state index is 0.141. The standard InChI is InChI=1S/C10H21NO/c1-6-8-12-11-9(7-2)10(3,4)5/h6-8H2,1-5H3/b11-9+. The maximum Gasteiger partial charge on any atom is 0.116 e. The fraction of sp³-hybridized carbons (Fsp3) is 0.900. The van der Waals surface area contributed by atoms with Crippen LogP contribution in [0.5, 0.6) is 0 Å². The summed E-state index contributed by atoms with van der Waals surface area (Å²) < 4.78 is 0. The number of hydrogen-bond acceptors (Lipinski definition) is 2. The second kappa shape index (κ2) is 5.18. The van der Waals surface area contributed by atoms with E-state index in [-0.39, 0.29) is 5.41 Å². The molecule has 0 atom stereocenters. The quantitative estimate of drug-likeness (QED) is 0.361. The van der Waals surface area contributed by atoms with Crippen LogP contribution < -0.4 is 0 Å². The molecule has 0 aromatic heterocycles. The van der Waals surface area contributed by atoms with Crippen molar-refractivity contribution in [2.24, 2.45) is 10.6 Å². The molecule has 72 valence electrons. The first-order valence-corrected chi connectivity index (χ1v) is 4.71. The first-order chi connectivity index (χ1) is 5.52. The Hall–Kier alpha value is -0.530. The van der Waals surface area contributed by atoms with E-state index >= 15 is 0 Å². The Bertz CT molecular complexity index is 144. The van der Waals surface area contributed by atoms with E-state index in [4.69, 9.17) is 4.84 Å². The second-order valence-corrected chi connectivity index (χ2v) is 3.97. The van der Waals surface area contributed by atoms with Crippen LogP contribution in [0, 0.1) is 5.41 Å². The highest BCUT2D eigenvalue weighted by atomic mass is 16.6. The molecule has 0 spiro atoms. The van der Waals surface area contributed by atoms with Crippen molar-refractivity contribution in [3.63, 3.8) is 0 Å². The molecule has 0 aromatic rings. The number of oxime groups is 1. The summed E-state index contributed by atoms with van der Waals surface area (Å²) in [5, 5.41) is 4.12. The highest BCUT2D eigenvalue weighted by Crippen LogP contribution is 2.18. The maximum absolute atomic E-state index is 5.15. The van der Waals surface area contributed by atoms with Gasteiger partial charge in [0.05, 0.1) is 5.71 Å². The molecule has 0 aliphatic heterocycles. The smallest absolute Gasteiger partial charge is 0.116 e. The summed E-state index contributed by atoms with van der Waals surface area (Å²) in [6.07, 6.45) is 1.98.